The van der Waals surface area contributed by atoms with Gasteiger partial charge in [-0.05, 0) is 67.1 Å². The van der Waals surface area contributed by atoms with Gasteiger partial charge in [0.2, 0.25) is 0 Å². The van der Waals surface area contributed by atoms with Crippen LogP contribution < -0.4 is 0 Å². The van der Waals surface area contributed by atoms with Crippen molar-refractivity contribution in [1.29, 1.82) is 5.26 Å². The molecule has 9 aromatic rings. The van der Waals surface area contributed by atoms with Crippen LogP contribution in [0.5, 0.6) is 0 Å². The summed E-state index contributed by atoms with van der Waals surface area (Å²) in [6, 6.07) is 47.6. The highest BCUT2D eigenvalue weighted by Gasteiger charge is 2.22. The molecule has 0 radical (unpaired) electrons. The summed E-state index contributed by atoms with van der Waals surface area (Å²) in [5.41, 5.74) is 10.1. The first-order valence-corrected chi connectivity index (χ1v) is 16.9. The van der Waals surface area contributed by atoms with Crippen molar-refractivity contribution in [3.8, 4) is 28.6 Å². The average molecular weight is 632 g/mol. The maximum atomic E-state index is 10.5. The SMILES string of the molecule is C=Cc1c(/C=C\C)c2ccccc2n1-c1c(C#N)cccc1-c1ccc2c(c1)c1c3sc4ccccc4c3ccc1n2-c1ccccc1. The van der Waals surface area contributed by atoms with Gasteiger partial charge in [-0.2, -0.15) is 5.26 Å². The predicted octanol–water partition coefficient (Wildman–Crippen LogP) is 12.3. The molecule has 0 bridgehead atoms. The number of hydrogen-bond acceptors (Lipinski definition) is 2. The van der Waals surface area contributed by atoms with Crippen molar-refractivity contribution in [1.82, 2.24) is 9.13 Å². The number of nitrogens with zero attached hydrogens (tertiary/aromatic N) is 3. The largest absolute Gasteiger partial charge is 0.309 e. The van der Waals surface area contributed by atoms with Crippen molar-refractivity contribution in [2.45, 2.75) is 6.92 Å². The van der Waals surface area contributed by atoms with Gasteiger partial charge in [0, 0.05) is 53.1 Å². The Hall–Kier alpha value is -6.15. The van der Waals surface area contributed by atoms with E-state index in [1.165, 1.54) is 36.5 Å². The van der Waals surface area contributed by atoms with Crippen LogP contribution in [0.25, 0.3) is 87.5 Å². The second kappa shape index (κ2) is 11.0. The summed E-state index contributed by atoms with van der Waals surface area (Å²) >= 11 is 1.86. The van der Waals surface area contributed by atoms with E-state index in [9.17, 15) is 5.26 Å². The van der Waals surface area contributed by atoms with E-state index in [1.807, 2.05) is 36.5 Å². The highest BCUT2D eigenvalue weighted by Crippen LogP contribution is 2.45. The Balaban J connectivity index is 1.40. The second-order valence-electron chi connectivity index (χ2n) is 12.0. The molecule has 0 aliphatic heterocycles. The van der Waals surface area contributed by atoms with Crippen LogP contribution in [0.4, 0.5) is 0 Å². The molecule has 0 aliphatic carbocycles. The fourth-order valence-corrected chi connectivity index (χ4v) is 8.74. The Morgan fingerprint density at radius 3 is 2.25 bits per heavy atom. The monoisotopic (exact) mass is 631 g/mol. The molecule has 3 aromatic heterocycles. The van der Waals surface area contributed by atoms with Crippen molar-refractivity contribution < 1.29 is 0 Å². The second-order valence-corrected chi connectivity index (χ2v) is 13.1. The number of hydrogen-bond donors (Lipinski definition) is 0. The van der Waals surface area contributed by atoms with Gasteiger partial charge in [-0.1, -0.05) is 97.6 Å². The molecular weight excluding hydrogens is 603 g/mol. The van der Waals surface area contributed by atoms with Crippen LogP contribution in [0.15, 0.2) is 140 Å². The van der Waals surface area contributed by atoms with Gasteiger partial charge in [0.05, 0.1) is 33.5 Å². The topological polar surface area (TPSA) is 33.6 Å². The Kier molecular flexibility index (Phi) is 6.43. The van der Waals surface area contributed by atoms with Crippen LogP contribution in [-0.2, 0) is 0 Å². The first-order chi connectivity index (χ1) is 23.7. The minimum Gasteiger partial charge on any atom is -0.309 e. The quantitative estimate of drug-likeness (QED) is 0.186. The molecule has 3 heterocycles. The molecule has 0 N–H and O–H groups in total. The van der Waals surface area contributed by atoms with Gasteiger partial charge in [0.25, 0.3) is 0 Å². The first-order valence-electron chi connectivity index (χ1n) is 16.1. The summed E-state index contributed by atoms with van der Waals surface area (Å²) in [4.78, 5) is 0. The molecule has 4 heteroatoms. The number of aromatic nitrogens is 2. The zero-order valence-electron chi connectivity index (χ0n) is 26.3. The molecule has 6 aromatic carbocycles. The summed E-state index contributed by atoms with van der Waals surface area (Å²) < 4.78 is 7.17. The summed E-state index contributed by atoms with van der Waals surface area (Å²) in [7, 11) is 0. The van der Waals surface area contributed by atoms with Crippen molar-refractivity contribution >= 4 is 76.4 Å². The molecule has 0 atom stereocenters. The molecule has 0 unspecified atom stereocenters. The van der Waals surface area contributed by atoms with E-state index >= 15 is 0 Å². The Morgan fingerprint density at radius 2 is 1.44 bits per heavy atom. The third-order valence-corrected chi connectivity index (χ3v) is 10.7. The number of allylic oxidation sites excluding steroid dienone is 1. The molecule has 0 saturated carbocycles. The lowest BCUT2D eigenvalue weighted by Crippen LogP contribution is -2.03. The average Bonchev–Trinajstić information content (AvgIpc) is 3.79. The van der Waals surface area contributed by atoms with Crippen molar-refractivity contribution in [2.24, 2.45) is 0 Å². The minimum absolute atomic E-state index is 0.613. The number of nitriles is 1. The summed E-state index contributed by atoms with van der Waals surface area (Å²) in [5.74, 6) is 0. The first kappa shape index (κ1) is 28.1. The van der Waals surface area contributed by atoms with Crippen molar-refractivity contribution in [3.05, 3.63) is 157 Å². The molecule has 48 heavy (non-hydrogen) atoms. The molecule has 3 nitrogen and oxygen atoms in total. The molecule has 0 spiro atoms. The fraction of sp³-hybridized carbons (Fsp3) is 0.0227. The third kappa shape index (κ3) is 3.99. The van der Waals surface area contributed by atoms with Gasteiger partial charge in [0.1, 0.15) is 6.07 Å². The van der Waals surface area contributed by atoms with Gasteiger partial charge in [-0.3, -0.25) is 0 Å². The molecular formula is C44H29N3S. The van der Waals surface area contributed by atoms with Crippen molar-refractivity contribution in [2.75, 3.05) is 0 Å². The Labute approximate surface area is 282 Å². The summed E-state index contributed by atoms with van der Waals surface area (Å²) in [5, 5.41) is 16.6. The van der Waals surface area contributed by atoms with E-state index in [2.05, 4.69) is 149 Å². The van der Waals surface area contributed by atoms with Crippen LogP contribution >= 0.6 is 11.3 Å². The lowest BCUT2D eigenvalue weighted by atomic mass is 9.97. The standard InChI is InChI=1S/C44H29N3S/c1-3-13-32-33-17-8-10-20-38(33)47(37(32)4-2)43-29(27-45)14-12-19-31(43)28-22-24-39-36(26-28)42-40(46(39)30-15-6-5-7-16-30)25-23-35-34-18-9-11-21-41(34)48-44(35)42/h3-26H,2H2,1H3/b13-3-. The van der Waals surface area contributed by atoms with Crippen LogP contribution in [0.3, 0.4) is 0 Å². The van der Waals surface area contributed by atoms with E-state index in [4.69, 9.17) is 0 Å². The van der Waals surface area contributed by atoms with Crippen LogP contribution in [-0.4, -0.2) is 9.13 Å². The zero-order valence-corrected chi connectivity index (χ0v) is 27.1. The molecule has 0 fully saturated rings. The maximum Gasteiger partial charge on any atom is 0.101 e. The highest BCUT2D eigenvalue weighted by molar-refractivity contribution is 7.26. The zero-order chi connectivity index (χ0) is 32.4. The minimum atomic E-state index is 0.613. The van der Waals surface area contributed by atoms with Crippen LogP contribution in [0.1, 0.15) is 23.7 Å². The summed E-state index contributed by atoms with van der Waals surface area (Å²) in [6.07, 6.45) is 6.09. The number of thiophene rings is 1. The number of benzene rings is 6. The number of rotatable bonds is 5. The highest BCUT2D eigenvalue weighted by atomic mass is 32.1. The lowest BCUT2D eigenvalue weighted by molar-refractivity contribution is 1.10. The van der Waals surface area contributed by atoms with E-state index in [1.54, 1.807) is 0 Å². The smallest absolute Gasteiger partial charge is 0.101 e. The van der Waals surface area contributed by atoms with Gasteiger partial charge in [0.15, 0.2) is 0 Å². The van der Waals surface area contributed by atoms with E-state index < -0.39 is 0 Å². The fourth-order valence-electron chi connectivity index (χ4n) is 7.49. The molecule has 226 valence electrons. The number of fused-ring (bicyclic) bond motifs is 8. The third-order valence-electron chi connectivity index (χ3n) is 9.46. The maximum absolute atomic E-state index is 10.5. The van der Waals surface area contributed by atoms with Gasteiger partial charge in [-0.25, -0.2) is 0 Å². The Morgan fingerprint density at radius 1 is 0.688 bits per heavy atom. The van der Waals surface area contributed by atoms with E-state index in [0.29, 0.717) is 5.56 Å². The molecule has 0 saturated heterocycles. The molecule has 9 rings (SSSR count). The Bertz CT molecular complexity index is 2820. The van der Waals surface area contributed by atoms with Crippen LogP contribution in [0.2, 0.25) is 0 Å². The predicted molar refractivity (Wildman–Crippen MR) is 205 cm³/mol. The van der Waals surface area contributed by atoms with Gasteiger partial charge >= 0.3 is 0 Å². The lowest BCUT2D eigenvalue weighted by Gasteiger charge is -2.17. The molecule has 0 amide bonds. The normalized spacial score (nSPS) is 11.8. The summed E-state index contributed by atoms with van der Waals surface area (Å²) in [6.45, 7) is 6.26. The van der Waals surface area contributed by atoms with Gasteiger partial charge < -0.3 is 9.13 Å². The van der Waals surface area contributed by atoms with E-state index in [0.717, 1.165) is 50.2 Å². The van der Waals surface area contributed by atoms with Gasteiger partial charge in [-0.15, -0.1) is 11.3 Å². The van der Waals surface area contributed by atoms with E-state index in [-0.39, 0.29) is 0 Å². The number of para-hydroxylation sites is 3. The van der Waals surface area contributed by atoms with Crippen molar-refractivity contribution in [3.63, 3.8) is 0 Å². The van der Waals surface area contributed by atoms with Crippen LogP contribution in [0, 0.1) is 11.3 Å². The molecule has 0 aliphatic rings.